The Labute approximate surface area is 154 Å². The van der Waals surface area contributed by atoms with Gasteiger partial charge in [-0.25, -0.2) is 4.79 Å². The van der Waals surface area contributed by atoms with Gasteiger partial charge in [0.05, 0.1) is 23.4 Å². The molecular formula is C17H15Cl2NO3S. The van der Waals surface area contributed by atoms with Gasteiger partial charge in [0.25, 0.3) is 0 Å². The van der Waals surface area contributed by atoms with E-state index in [1.807, 2.05) is 0 Å². The molecule has 0 unspecified atom stereocenters. The molecule has 0 heterocycles. The summed E-state index contributed by atoms with van der Waals surface area (Å²) in [4.78, 5) is 24.0. The highest BCUT2D eigenvalue weighted by Crippen LogP contribution is 2.29. The number of hydrogen-bond donors (Lipinski definition) is 1. The van der Waals surface area contributed by atoms with Crippen molar-refractivity contribution in [3.05, 3.63) is 63.6 Å². The molecule has 0 saturated carbocycles. The molecule has 0 radical (unpaired) electrons. The number of methoxy groups -OCH3 is 1. The Morgan fingerprint density at radius 3 is 2.50 bits per heavy atom. The summed E-state index contributed by atoms with van der Waals surface area (Å²) in [5.41, 5.74) is 1.36. The molecule has 0 atom stereocenters. The van der Waals surface area contributed by atoms with Gasteiger partial charge in [0, 0.05) is 16.5 Å². The number of rotatable bonds is 6. The summed E-state index contributed by atoms with van der Waals surface area (Å²) in [6, 6.07) is 12.0. The molecule has 0 aliphatic carbocycles. The molecule has 0 bridgehead atoms. The van der Waals surface area contributed by atoms with Gasteiger partial charge in [0.1, 0.15) is 0 Å². The summed E-state index contributed by atoms with van der Waals surface area (Å²) < 4.78 is 4.63. The molecule has 7 heteroatoms. The zero-order chi connectivity index (χ0) is 17.5. The first-order valence-corrected chi connectivity index (χ1v) is 8.75. The maximum atomic E-state index is 11.9. The molecule has 2 rings (SSSR count). The van der Waals surface area contributed by atoms with Crippen LogP contribution in [0, 0.1) is 0 Å². The summed E-state index contributed by atoms with van der Waals surface area (Å²) >= 11 is 13.3. The van der Waals surface area contributed by atoms with E-state index < -0.39 is 0 Å². The number of hydrogen-bond acceptors (Lipinski definition) is 4. The second kappa shape index (κ2) is 8.97. The van der Waals surface area contributed by atoms with Crippen molar-refractivity contribution < 1.29 is 14.3 Å². The van der Waals surface area contributed by atoms with Gasteiger partial charge in [-0.1, -0.05) is 35.3 Å². The van der Waals surface area contributed by atoms with E-state index in [9.17, 15) is 9.59 Å². The molecule has 0 aliphatic rings. The second-order valence-corrected chi connectivity index (χ2v) is 6.69. The Morgan fingerprint density at radius 1 is 1.12 bits per heavy atom. The van der Waals surface area contributed by atoms with Crippen LogP contribution in [-0.2, 0) is 16.1 Å². The summed E-state index contributed by atoms with van der Waals surface area (Å²) in [5.74, 6) is -0.270. The van der Waals surface area contributed by atoms with E-state index in [1.54, 1.807) is 42.5 Å². The second-order valence-electron chi connectivity index (χ2n) is 4.83. The van der Waals surface area contributed by atoms with Crippen molar-refractivity contribution in [3.63, 3.8) is 0 Å². The highest BCUT2D eigenvalue weighted by atomic mass is 35.5. The summed E-state index contributed by atoms with van der Waals surface area (Å²) in [6.07, 6.45) is 0. The fraction of sp³-hybridized carbons (Fsp3) is 0.176. The van der Waals surface area contributed by atoms with Crippen LogP contribution in [0.15, 0.2) is 47.4 Å². The molecule has 4 nitrogen and oxygen atoms in total. The molecule has 2 aromatic rings. The van der Waals surface area contributed by atoms with E-state index >= 15 is 0 Å². The number of benzene rings is 2. The van der Waals surface area contributed by atoms with Crippen molar-refractivity contribution in [1.82, 2.24) is 5.32 Å². The molecule has 0 saturated heterocycles. The van der Waals surface area contributed by atoms with Crippen LogP contribution in [0.3, 0.4) is 0 Å². The molecule has 1 amide bonds. The number of halogens is 2. The summed E-state index contributed by atoms with van der Waals surface area (Å²) in [7, 11) is 1.33. The maximum Gasteiger partial charge on any atom is 0.337 e. The summed E-state index contributed by atoms with van der Waals surface area (Å²) in [6.45, 7) is 0.379. The number of carbonyl (C=O) groups excluding carboxylic acids is 2. The van der Waals surface area contributed by atoms with Gasteiger partial charge < -0.3 is 10.1 Å². The first kappa shape index (κ1) is 18.6. The highest BCUT2D eigenvalue weighted by molar-refractivity contribution is 8.00. The first-order valence-electron chi connectivity index (χ1n) is 7.01. The Hall–Kier alpha value is -1.69. The van der Waals surface area contributed by atoms with Gasteiger partial charge in [-0.05, 0) is 35.9 Å². The molecule has 126 valence electrons. The van der Waals surface area contributed by atoms with Crippen molar-refractivity contribution in [1.29, 1.82) is 0 Å². The number of ether oxygens (including phenoxy) is 1. The lowest BCUT2D eigenvalue weighted by molar-refractivity contribution is -0.118. The molecule has 1 N–H and O–H groups in total. The lowest BCUT2D eigenvalue weighted by atomic mass is 10.1. The van der Waals surface area contributed by atoms with E-state index in [4.69, 9.17) is 23.2 Å². The molecule has 24 heavy (non-hydrogen) atoms. The van der Waals surface area contributed by atoms with Crippen LogP contribution < -0.4 is 5.32 Å². The van der Waals surface area contributed by atoms with Crippen LogP contribution in [0.5, 0.6) is 0 Å². The standard InChI is InChI=1S/C17H15Cl2NO3S/c1-23-17(22)12-4-2-11(3-5-12)9-20-16(21)10-24-15-8-13(18)6-7-14(15)19/h2-8H,9-10H2,1H3,(H,20,21). The quantitative estimate of drug-likeness (QED) is 0.600. The third kappa shape index (κ3) is 5.44. The molecule has 0 aliphatic heterocycles. The van der Waals surface area contributed by atoms with E-state index in [0.717, 1.165) is 10.5 Å². The molecule has 2 aromatic carbocycles. The number of amides is 1. The van der Waals surface area contributed by atoms with Crippen molar-refractivity contribution >= 4 is 46.8 Å². The number of carbonyl (C=O) groups is 2. The van der Waals surface area contributed by atoms with Gasteiger partial charge in [-0.3, -0.25) is 4.79 Å². The predicted octanol–water partition coefficient (Wildman–Crippen LogP) is 4.19. The Balaban J connectivity index is 1.82. The molecular weight excluding hydrogens is 369 g/mol. The maximum absolute atomic E-state index is 11.9. The SMILES string of the molecule is COC(=O)c1ccc(CNC(=O)CSc2cc(Cl)ccc2Cl)cc1. The van der Waals surface area contributed by atoms with Crippen molar-refractivity contribution in [2.45, 2.75) is 11.4 Å². The largest absolute Gasteiger partial charge is 0.465 e. The third-order valence-corrected chi connectivity index (χ3v) is 4.85. The van der Waals surface area contributed by atoms with Crippen LogP contribution in [-0.4, -0.2) is 24.7 Å². The third-order valence-electron chi connectivity index (χ3n) is 3.12. The minimum Gasteiger partial charge on any atom is -0.465 e. The van der Waals surface area contributed by atoms with Gasteiger partial charge in [0.15, 0.2) is 0 Å². The lowest BCUT2D eigenvalue weighted by Gasteiger charge is -2.07. The fourth-order valence-electron chi connectivity index (χ4n) is 1.86. The smallest absolute Gasteiger partial charge is 0.337 e. The van der Waals surface area contributed by atoms with Crippen LogP contribution in [0.2, 0.25) is 10.0 Å². The van der Waals surface area contributed by atoms with Crippen LogP contribution in [0.4, 0.5) is 0 Å². The zero-order valence-corrected chi connectivity index (χ0v) is 15.2. The summed E-state index contributed by atoms with van der Waals surface area (Å²) in [5, 5.41) is 3.96. The van der Waals surface area contributed by atoms with E-state index in [2.05, 4.69) is 10.1 Å². The molecule has 0 fully saturated rings. The van der Waals surface area contributed by atoms with Crippen LogP contribution in [0.1, 0.15) is 15.9 Å². The average molecular weight is 384 g/mol. The monoisotopic (exact) mass is 383 g/mol. The van der Waals surface area contributed by atoms with Crippen molar-refractivity contribution in [3.8, 4) is 0 Å². The molecule has 0 spiro atoms. The van der Waals surface area contributed by atoms with Gasteiger partial charge in [-0.2, -0.15) is 0 Å². The van der Waals surface area contributed by atoms with E-state index in [0.29, 0.717) is 22.2 Å². The van der Waals surface area contributed by atoms with Gasteiger partial charge in [-0.15, -0.1) is 11.8 Å². The predicted molar refractivity (Wildman–Crippen MR) is 96.8 cm³/mol. The van der Waals surface area contributed by atoms with Crippen LogP contribution >= 0.6 is 35.0 Å². The van der Waals surface area contributed by atoms with Crippen LogP contribution in [0.25, 0.3) is 0 Å². The highest BCUT2D eigenvalue weighted by Gasteiger charge is 2.08. The zero-order valence-electron chi connectivity index (χ0n) is 12.8. The Morgan fingerprint density at radius 2 is 1.83 bits per heavy atom. The van der Waals surface area contributed by atoms with Gasteiger partial charge >= 0.3 is 5.97 Å². The van der Waals surface area contributed by atoms with Crippen molar-refractivity contribution in [2.75, 3.05) is 12.9 Å². The van der Waals surface area contributed by atoms with E-state index in [-0.39, 0.29) is 17.6 Å². The first-order chi connectivity index (χ1) is 11.5. The number of esters is 1. The minimum absolute atomic E-state index is 0.118. The minimum atomic E-state index is -0.389. The van der Waals surface area contributed by atoms with Crippen molar-refractivity contribution in [2.24, 2.45) is 0 Å². The topological polar surface area (TPSA) is 55.4 Å². The number of nitrogens with one attached hydrogen (secondary N) is 1. The fourth-order valence-corrected chi connectivity index (χ4v) is 3.18. The van der Waals surface area contributed by atoms with E-state index in [1.165, 1.54) is 18.9 Å². The normalized spacial score (nSPS) is 10.3. The Kier molecular flexibility index (Phi) is 6.97. The average Bonchev–Trinajstić information content (AvgIpc) is 2.60. The Bertz CT molecular complexity index is 735. The lowest BCUT2D eigenvalue weighted by Crippen LogP contribution is -2.24. The number of thioether (sulfide) groups is 1. The molecule has 0 aromatic heterocycles. The van der Waals surface area contributed by atoms with Gasteiger partial charge in [0.2, 0.25) is 5.91 Å².